The smallest absolute Gasteiger partial charge is 0.407 e. The molecule has 0 radical (unpaired) electrons. The van der Waals surface area contributed by atoms with Crippen molar-refractivity contribution in [3.8, 4) is 17.3 Å². The van der Waals surface area contributed by atoms with Crippen molar-refractivity contribution < 1.29 is 19.1 Å². The van der Waals surface area contributed by atoms with Crippen LogP contribution >= 0.6 is 23.1 Å². The van der Waals surface area contributed by atoms with E-state index in [0.717, 1.165) is 22.1 Å². The summed E-state index contributed by atoms with van der Waals surface area (Å²) in [6.07, 6.45) is 4.50. The molecule has 0 saturated carbocycles. The second-order valence-corrected chi connectivity index (χ2v) is 8.64. The molecule has 1 N–H and O–H groups in total. The maximum absolute atomic E-state index is 11.3. The number of benzene rings is 1. The number of oxazole rings is 1. The monoisotopic (exact) mass is 431 g/mol. The summed E-state index contributed by atoms with van der Waals surface area (Å²) in [6.45, 7) is 0.834. The topological polar surface area (TPSA) is 106 Å². The number of nitrogens with zero attached hydrogens (tertiary/aromatic N) is 5. The van der Waals surface area contributed by atoms with Gasteiger partial charge in [0.1, 0.15) is 18.1 Å². The summed E-state index contributed by atoms with van der Waals surface area (Å²) in [7, 11) is 0. The average Bonchev–Trinajstić information content (AvgIpc) is 3.47. The molecule has 1 fully saturated rings. The fourth-order valence-corrected chi connectivity index (χ4v) is 4.81. The highest BCUT2D eigenvalue weighted by Gasteiger charge is 2.29. The normalized spacial score (nSPS) is 16.9. The highest BCUT2D eigenvalue weighted by atomic mass is 32.2. The molecule has 3 aromatic heterocycles. The van der Waals surface area contributed by atoms with Gasteiger partial charge in [-0.2, -0.15) is 0 Å². The van der Waals surface area contributed by atoms with E-state index >= 15 is 0 Å². The van der Waals surface area contributed by atoms with Gasteiger partial charge in [-0.3, -0.25) is 0 Å². The summed E-state index contributed by atoms with van der Waals surface area (Å²) >= 11 is 3.08. The van der Waals surface area contributed by atoms with Gasteiger partial charge in [-0.05, 0) is 31.2 Å². The second-order valence-electron chi connectivity index (χ2n) is 6.63. The fraction of sp³-hybridized carbons (Fsp3) is 0.333. The van der Waals surface area contributed by atoms with E-state index in [0.29, 0.717) is 35.0 Å². The predicted octanol–water partition coefficient (Wildman–Crippen LogP) is 3.84. The molecule has 0 bridgehead atoms. The molecular formula is C18H17N5O4S2. The number of aromatic nitrogens is 4. The van der Waals surface area contributed by atoms with Crippen LogP contribution in [0.25, 0.3) is 27.6 Å². The van der Waals surface area contributed by atoms with Crippen LogP contribution in [-0.4, -0.2) is 61.1 Å². The number of amides is 1. The first-order valence-electron chi connectivity index (χ1n) is 9.05. The molecule has 5 rings (SSSR count). The van der Waals surface area contributed by atoms with Gasteiger partial charge in [0.05, 0.1) is 12.2 Å². The lowest BCUT2D eigenvalue weighted by molar-refractivity contribution is 0.123. The van der Waals surface area contributed by atoms with Crippen LogP contribution in [0.5, 0.6) is 5.75 Å². The fourth-order valence-electron chi connectivity index (χ4n) is 3.46. The van der Waals surface area contributed by atoms with Crippen LogP contribution in [0.2, 0.25) is 0 Å². The number of para-hydroxylation sites is 1. The summed E-state index contributed by atoms with van der Waals surface area (Å²) in [6, 6.07) is 5.31. The number of fused-ring (bicyclic) bond motifs is 2. The molecule has 1 saturated heterocycles. The molecule has 0 spiro atoms. The summed E-state index contributed by atoms with van der Waals surface area (Å²) in [5, 5.41) is 13.7. The lowest BCUT2D eigenvalue weighted by atomic mass is 10.2. The van der Waals surface area contributed by atoms with Gasteiger partial charge in [-0.25, -0.2) is 19.3 Å². The molecule has 1 aromatic carbocycles. The molecule has 1 aliphatic rings. The van der Waals surface area contributed by atoms with E-state index in [-0.39, 0.29) is 12.6 Å². The maximum atomic E-state index is 11.3. The highest BCUT2D eigenvalue weighted by molar-refractivity contribution is 8.00. The molecule has 11 heteroatoms. The number of likely N-dealkylation sites (tertiary alicyclic amines) is 1. The zero-order valence-corrected chi connectivity index (χ0v) is 17.1. The number of hydrogen-bond donors (Lipinski definition) is 1. The largest absolute Gasteiger partial charge is 0.489 e. The molecule has 1 amide bonds. The Morgan fingerprint density at radius 2 is 2.34 bits per heavy atom. The van der Waals surface area contributed by atoms with Gasteiger partial charge in [0.25, 0.3) is 0 Å². The van der Waals surface area contributed by atoms with Crippen molar-refractivity contribution in [1.29, 1.82) is 0 Å². The molecule has 29 heavy (non-hydrogen) atoms. The Morgan fingerprint density at radius 1 is 1.45 bits per heavy atom. The first-order valence-corrected chi connectivity index (χ1v) is 11.1. The van der Waals surface area contributed by atoms with Crippen molar-refractivity contribution in [2.45, 2.75) is 23.2 Å². The predicted molar refractivity (Wildman–Crippen MR) is 109 cm³/mol. The third kappa shape index (κ3) is 3.29. The van der Waals surface area contributed by atoms with Crippen molar-refractivity contribution in [2.75, 3.05) is 19.4 Å². The van der Waals surface area contributed by atoms with Gasteiger partial charge in [0.15, 0.2) is 15.4 Å². The summed E-state index contributed by atoms with van der Waals surface area (Å²) in [4.78, 5) is 22.7. The van der Waals surface area contributed by atoms with Gasteiger partial charge in [-0.15, -0.1) is 5.10 Å². The lowest BCUT2D eigenvalue weighted by Crippen LogP contribution is -2.38. The number of thioether (sulfide) groups is 1. The van der Waals surface area contributed by atoms with E-state index in [4.69, 9.17) is 9.15 Å². The minimum Gasteiger partial charge on any atom is -0.489 e. The van der Waals surface area contributed by atoms with Gasteiger partial charge >= 0.3 is 6.09 Å². The maximum Gasteiger partial charge on any atom is 0.407 e. The zero-order chi connectivity index (χ0) is 20.0. The van der Waals surface area contributed by atoms with E-state index in [2.05, 4.69) is 15.1 Å². The number of hydrogen-bond acceptors (Lipinski definition) is 8. The Kier molecular flexibility index (Phi) is 4.55. The van der Waals surface area contributed by atoms with Gasteiger partial charge in [0, 0.05) is 6.54 Å². The van der Waals surface area contributed by atoms with Crippen molar-refractivity contribution in [2.24, 2.45) is 0 Å². The van der Waals surface area contributed by atoms with Crippen molar-refractivity contribution in [1.82, 2.24) is 24.5 Å². The highest BCUT2D eigenvalue weighted by Crippen LogP contribution is 2.32. The van der Waals surface area contributed by atoms with E-state index in [9.17, 15) is 9.90 Å². The van der Waals surface area contributed by atoms with Crippen LogP contribution in [0, 0.1) is 0 Å². The molecule has 1 unspecified atom stereocenters. The Hall–Kier alpha value is -2.79. The number of carbonyl (C=O) groups is 1. The van der Waals surface area contributed by atoms with E-state index in [1.165, 1.54) is 16.2 Å². The van der Waals surface area contributed by atoms with Crippen LogP contribution in [0.15, 0.2) is 33.2 Å². The molecule has 9 nitrogen and oxygen atoms in total. The Balaban J connectivity index is 1.41. The Labute approximate surface area is 173 Å². The summed E-state index contributed by atoms with van der Waals surface area (Å²) in [5.41, 5.74) is 1.79. The first kappa shape index (κ1) is 18.3. The average molecular weight is 431 g/mol. The van der Waals surface area contributed by atoms with Crippen molar-refractivity contribution in [3.05, 3.63) is 24.4 Å². The molecule has 4 heterocycles. The third-order valence-electron chi connectivity index (χ3n) is 4.85. The van der Waals surface area contributed by atoms with Crippen LogP contribution in [0.4, 0.5) is 4.79 Å². The zero-order valence-electron chi connectivity index (χ0n) is 15.4. The van der Waals surface area contributed by atoms with Crippen molar-refractivity contribution >= 4 is 45.3 Å². The minimum absolute atomic E-state index is 0.147. The van der Waals surface area contributed by atoms with Gasteiger partial charge in [0.2, 0.25) is 10.9 Å². The second kappa shape index (κ2) is 7.23. The summed E-state index contributed by atoms with van der Waals surface area (Å²) < 4.78 is 14.5. The molecule has 1 aliphatic heterocycles. The standard InChI is InChI=1S/C18H17N5O4S2/c1-28-17-21-23-8-11(19-16(23)29-17)15-20-14-12(5-2-6-13(14)27-15)26-9-10-4-3-7-22(10)18(24)25/h2,5-6,8,10H,3-4,7,9H2,1H3,(H,24,25). The van der Waals surface area contributed by atoms with E-state index in [1.807, 2.05) is 24.5 Å². The number of rotatable bonds is 5. The molecule has 1 atom stereocenters. The quantitative estimate of drug-likeness (QED) is 0.475. The van der Waals surface area contributed by atoms with Gasteiger partial charge in [-0.1, -0.05) is 29.2 Å². The molecule has 150 valence electrons. The van der Waals surface area contributed by atoms with Crippen molar-refractivity contribution in [3.63, 3.8) is 0 Å². The Bertz CT molecular complexity index is 1170. The number of carboxylic acid groups (broad SMARTS) is 1. The first-order chi connectivity index (χ1) is 14.1. The van der Waals surface area contributed by atoms with Crippen LogP contribution in [-0.2, 0) is 0 Å². The van der Waals surface area contributed by atoms with E-state index < -0.39 is 6.09 Å². The molecule has 4 aromatic rings. The minimum atomic E-state index is -0.906. The van der Waals surface area contributed by atoms with Gasteiger partial charge < -0.3 is 19.2 Å². The number of ether oxygens (including phenoxy) is 1. The number of imidazole rings is 1. The molecular weight excluding hydrogens is 414 g/mol. The van der Waals surface area contributed by atoms with Crippen LogP contribution in [0.1, 0.15) is 12.8 Å². The van der Waals surface area contributed by atoms with Crippen LogP contribution in [0.3, 0.4) is 0 Å². The SMILES string of the molecule is CSc1nn2cc(-c3nc4c(OCC5CCCN5C(=O)O)cccc4o3)nc2s1. The summed E-state index contributed by atoms with van der Waals surface area (Å²) in [5.74, 6) is 0.964. The third-order valence-corrected chi connectivity index (χ3v) is 6.75. The Morgan fingerprint density at radius 3 is 3.14 bits per heavy atom. The molecule has 0 aliphatic carbocycles. The lowest BCUT2D eigenvalue weighted by Gasteiger charge is -2.21. The van der Waals surface area contributed by atoms with E-state index in [1.54, 1.807) is 22.5 Å². The van der Waals surface area contributed by atoms with Crippen LogP contribution < -0.4 is 4.74 Å².